The smallest absolute Gasteiger partial charge is 0.328 e. The molecule has 2 aliphatic heterocycles. The monoisotopic (exact) mass is 880 g/mol. The first kappa shape index (κ1) is 51.7. The van der Waals surface area contributed by atoms with E-state index in [4.69, 9.17) is 5.11 Å². The van der Waals surface area contributed by atoms with Crippen molar-refractivity contribution in [1.82, 2.24) is 20.4 Å². The zero-order valence-electron chi connectivity index (χ0n) is 38.6. The zero-order chi connectivity index (χ0) is 46.9. The van der Waals surface area contributed by atoms with Gasteiger partial charge in [-0.1, -0.05) is 81.9 Å². The Morgan fingerprint density at radius 1 is 0.825 bits per heavy atom. The van der Waals surface area contributed by atoms with Gasteiger partial charge in [-0.2, -0.15) is 0 Å². The van der Waals surface area contributed by atoms with Gasteiger partial charge in [-0.05, 0) is 138 Å². The fourth-order valence-corrected chi connectivity index (χ4v) is 8.65. The molecule has 13 heteroatoms. The van der Waals surface area contributed by atoms with Crippen LogP contribution in [0.5, 0.6) is 11.5 Å². The number of allylic oxidation sites excluding steroid dienone is 1. The summed E-state index contributed by atoms with van der Waals surface area (Å²) in [5.74, 6) is 0.674. The quantitative estimate of drug-likeness (QED) is 0.0498. The van der Waals surface area contributed by atoms with Gasteiger partial charge >= 0.3 is 6.03 Å². The minimum absolute atomic E-state index is 0.115. The molecule has 4 aromatic rings. The lowest BCUT2D eigenvalue weighted by atomic mass is 9.74. The Morgan fingerprint density at radius 3 is 1.84 bits per heavy atom. The maximum absolute atomic E-state index is 11.8. The second kappa shape index (κ2) is 24.9. The third-order valence-electron chi connectivity index (χ3n) is 10.7. The number of amides is 5. The van der Waals surface area contributed by atoms with Crippen LogP contribution < -0.4 is 20.9 Å². The summed E-state index contributed by atoms with van der Waals surface area (Å²) < 4.78 is 0. The Hall–Kier alpha value is -5.63. The first-order valence-electron chi connectivity index (χ1n) is 21.4. The molecule has 2 heterocycles. The van der Waals surface area contributed by atoms with Crippen LogP contribution in [0, 0.1) is 17.3 Å². The van der Waals surface area contributed by atoms with Crippen molar-refractivity contribution < 1.29 is 29.4 Å². The second-order valence-electron chi connectivity index (χ2n) is 16.9. The van der Waals surface area contributed by atoms with E-state index in [0.717, 1.165) is 19.5 Å². The van der Waals surface area contributed by atoms with Gasteiger partial charge in [0.15, 0.2) is 0 Å². The number of para-hydroxylation sites is 2. The van der Waals surface area contributed by atoms with Crippen molar-refractivity contribution >= 4 is 52.6 Å². The summed E-state index contributed by atoms with van der Waals surface area (Å²) in [5.41, 5.74) is 3.39. The topological polar surface area (TPSA) is 155 Å². The molecule has 0 aromatic heterocycles. The molecule has 1 fully saturated rings. The van der Waals surface area contributed by atoms with Crippen LogP contribution in [0.2, 0.25) is 0 Å². The van der Waals surface area contributed by atoms with Gasteiger partial charge in [0.2, 0.25) is 17.7 Å². The van der Waals surface area contributed by atoms with Crippen molar-refractivity contribution in [1.29, 1.82) is 0 Å². The fraction of sp³-hybridized carbons (Fsp3) is 0.400. The summed E-state index contributed by atoms with van der Waals surface area (Å²) in [5, 5.41) is 25.2. The van der Waals surface area contributed by atoms with Crippen molar-refractivity contribution in [2.24, 2.45) is 17.3 Å². The largest absolute Gasteiger partial charge is 0.508 e. The average molecular weight is 881 g/mol. The van der Waals surface area contributed by atoms with Crippen LogP contribution in [0.1, 0.15) is 72.3 Å². The van der Waals surface area contributed by atoms with Crippen LogP contribution in [0.25, 0.3) is 0 Å². The number of phenols is 2. The van der Waals surface area contributed by atoms with Gasteiger partial charge in [-0.15, -0.1) is 6.58 Å². The van der Waals surface area contributed by atoms with Crippen molar-refractivity contribution in [3.63, 3.8) is 0 Å². The lowest BCUT2D eigenvalue weighted by molar-refractivity contribution is -0.145. The first-order chi connectivity index (χ1) is 29.8. The van der Waals surface area contributed by atoms with E-state index >= 15 is 0 Å². The Bertz CT molecular complexity index is 2060. The third-order valence-corrected chi connectivity index (χ3v) is 11.8. The molecule has 0 saturated carbocycles. The minimum Gasteiger partial charge on any atom is -0.508 e. The number of benzene rings is 4. The standard InChI is InChI=1S/C17H20N2S.C14H23NO.C11H16N2O3.C8H9NO2/c1-13(18(2)3)12-19-14-8-4-6-10-16(14)20-17-11-7-5-9-15(17)19;1-5-14(11(2)10-15(3)4)12-7-6-8-13(16)9-12;1-4-5-11(6-7(2)3)8(14)12-10(16)13-9(11)15;1-6(10)9-7-2-4-8(11)5-3-7/h4-11,13H,12H2,1-3H3;6-9,11,14,16H,5,10H2,1-4H3;4,7H,1,5-6H2,2-3H3,(H2,12,13,14,15,16);2-5,11H,1H3,(H,9,10)/t;11-,14+;;/m.0../s1. The van der Waals surface area contributed by atoms with Gasteiger partial charge in [0.25, 0.3) is 0 Å². The molecule has 1 saturated heterocycles. The first-order valence-corrected chi connectivity index (χ1v) is 22.2. The van der Waals surface area contributed by atoms with E-state index in [0.29, 0.717) is 35.7 Å². The number of likely N-dealkylation sites (N-methyl/N-ethyl adjacent to an activating group) is 1. The summed E-state index contributed by atoms with van der Waals surface area (Å²) in [7, 11) is 8.49. The van der Waals surface area contributed by atoms with Crippen LogP contribution in [-0.2, 0) is 14.4 Å². The Labute approximate surface area is 379 Å². The fourth-order valence-electron chi connectivity index (χ4n) is 7.56. The van der Waals surface area contributed by atoms with Gasteiger partial charge < -0.3 is 30.2 Å². The molecule has 63 heavy (non-hydrogen) atoms. The summed E-state index contributed by atoms with van der Waals surface area (Å²) in [6, 6.07) is 31.1. The van der Waals surface area contributed by atoms with Crippen molar-refractivity contribution in [3.05, 3.63) is 115 Å². The predicted octanol–water partition coefficient (Wildman–Crippen LogP) is 9.63. The minimum atomic E-state index is -1.19. The number of fused-ring (bicyclic) bond motifs is 2. The number of nitrogens with zero attached hydrogens (tertiary/aromatic N) is 3. The van der Waals surface area contributed by atoms with E-state index in [1.54, 1.807) is 18.2 Å². The number of nitrogens with one attached hydrogen (secondary N) is 3. The molecule has 340 valence electrons. The van der Waals surface area contributed by atoms with Crippen LogP contribution in [-0.4, -0.2) is 91.1 Å². The molecule has 3 atom stereocenters. The number of urea groups is 1. The lowest BCUT2D eigenvalue weighted by Gasteiger charge is -2.36. The highest BCUT2D eigenvalue weighted by Crippen LogP contribution is 2.48. The zero-order valence-corrected chi connectivity index (χ0v) is 39.5. The molecule has 6 rings (SSSR count). The highest BCUT2D eigenvalue weighted by atomic mass is 32.2. The molecule has 2 aliphatic rings. The average Bonchev–Trinajstić information content (AvgIpc) is 3.21. The molecule has 5 N–H and O–H groups in total. The molecule has 12 nitrogen and oxygen atoms in total. The molecule has 5 amide bonds. The molecular weight excluding hydrogens is 813 g/mol. The summed E-state index contributed by atoms with van der Waals surface area (Å²) in [6.07, 6.45) is 3.26. The molecule has 1 unspecified atom stereocenters. The van der Waals surface area contributed by atoms with Gasteiger partial charge in [-0.3, -0.25) is 25.0 Å². The van der Waals surface area contributed by atoms with Crippen molar-refractivity contribution in [3.8, 4) is 11.5 Å². The van der Waals surface area contributed by atoms with Gasteiger partial charge in [0, 0.05) is 41.5 Å². The SMILES string of the molecule is C=CCC1(CC(C)C)C(=O)NC(=O)NC1=O.CC(=O)Nc1ccc(O)cc1.CC(CN1c2ccccc2Sc2ccccc21)N(C)C.CC[C@@H](c1cccc(O)c1)[C@@H](C)CN(C)C. The number of aromatic hydroxyl groups is 2. The number of hydrogen-bond acceptors (Lipinski definition) is 10. The highest BCUT2D eigenvalue weighted by molar-refractivity contribution is 7.99. The Balaban J connectivity index is 0.000000228. The van der Waals surface area contributed by atoms with Crippen LogP contribution in [0.15, 0.2) is 120 Å². The number of hydrogen-bond donors (Lipinski definition) is 5. The summed E-state index contributed by atoms with van der Waals surface area (Å²) in [6.45, 7) is 17.7. The second-order valence-corrected chi connectivity index (χ2v) is 18.0. The summed E-state index contributed by atoms with van der Waals surface area (Å²) in [4.78, 5) is 54.8. The maximum Gasteiger partial charge on any atom is 0.328 e. The number of barbiturate groups is 1. The number of phenolic OH excluding ortho intramolecular Hbond substituents is 2. The molecule has 0 radical (unpaired) electrons. The number of carbonyl (C=O) groups excluding carboxylic acids is 4. The predicted molar refractivity (Wildman–Crippen MR) is 257 cm³/mol. The molecule has 0 bridgehead atoms. The van der Waals surface area contributed by atoms with Crippen LogP contribution >= 0.6 is 11.8 Å². The van der Waals surface area contributed by atoms with E-state index in [1.807, 2.05) is 37.7 Å². The van der Waals surface area contributed by atoms with E-state index in [9.17, 15) is 24.3 Å². The van der Waals surface area contributed by atoms with Gasteiger partial charge in [0.05, 0.1) is 11.4 Å². The maximum atomic E-state index is 11.8. The number of anilines is 3. The molecule has 0 spiro atoms. The molecule has 4 aromatic carbocycles. The van der Waals surface area contributed by atoms with E-state index < -0.39 is 23.3 Å². The van der Waals surface area contributed by atoms with E-state index in [-0.39, 0.29) is 24.0 Å². The van der Waals surface area contributed by atoms with Crippen molar-refractivity contribution in [2.75, 3.05) is 51.5 Å². The van der Waals surface area contributed by atoms with E-state index in [2.05, 4.69) is 141 Å². The van der Waals surface area contributed by atoms with Gasteiger partial charge in [-0.25, -0.2) is 4.79 Å². The van der Waals surface area contributed by atoms with E-state index in [1.165, 1.54) is 51.9 Å². The molecule has 0 aliphatic carbocycles. The molecular formula is C50H68N6O6S. The lowest BCUT2D eigenvalue weighted by Crippen LogP contribution is -2.62. The third kappa shape index (κ3) is 15.6. The number of imide groups is 2. The van der Waals surface area contributed by atoms with Gasteiger partial charge in [0.1, 0.15) is 16.9 Å². The Morgan fingerprint density at radius 2 is 1.38 bits per heavy atom. The van der Waals surface area contributed by atoms with Crippen LogP contribution in [0.4, 0.5) is 21.9 Å². The normalized spacial score (nSPS) is 15.1. The highest BCUT2D eigenvalue weighted by Gasteiger charge is 2.49. The van der Waals surface area contributed by atoms with Crippen LogP contribution in [0.3, 0.4) is 0 Å². The number of rotatable bonds is 13. The number of carbonyl (C=O) groups is 4. The van der Waals surface area contributed by atoms with Crippen molar-refractivity contribution in [2.45, 2.75) is 82.6 Å². The Kier molecular flexibility index (Phi) is 20.4. The summed E-state index contributed by atoms with van der Waals surface area (Å²) >= 11 is 1.87.